The van der Waals surface area contributed by atoms with Gasteiger partial charge in [0.2, 0.25) is 0 Å². The molecular formula is C25H40BNO4. The topological polar surface area (TPSA) is 64.6 Å². The Hall–Kier alpha value is -2.11. The molecule has 1 unspecified atom stereocenters. The van der Waals surface area contributed by atoms with Crippen LogP contribution in [0.3, 0.4) is 0 Å². The summed E-state index contributed by atoms with van der Waals surface area (Å²) in [5, 5.41) is 2.75. The second kappa shape index (κ2) is 14.8. The van der Waals surface area contributed by atoms with Crippen LogP contribution < -0.4 is 5.32 Å². The van der Waals surface area contributed by atoms with E-state index in [1.54, 1.807) is 6.92 Å². The Bertz CT molecular complexity index is 669. The van der Waals surface area contributed by atoms with Gasteiger partial charge < -0.3 is 0 Å². The number of amides is 1. The minimum absolute atomic E-state index is 0.211. The molecule has 172 valence electrons. The summed E-state index contributed by atoms with van der Waals surface area (Å²) in [5.41, 5.74) is 1.24. The van der Waals surface area contributed by atoms with Crippen LogP contribution >= 0.6 is 0 Å². The molecule has 1 aromatic carbocycles. The van der Waals surface area contributed by atoms with E-state index in [1.165, 1.54) is 51.0 Å². The molecular weight excluding hydrogens is 389 g/mol. The normalized spacial score (nSPS) is 12.6. The molecule has 0 aliphatic heterocycles. The summed E-state index contributed by atoms with van der Waals surface area (Å²) in [6, 6.07) is 8.51. The van der Waals surface area contributed by atoms with Crippen LogP contribution in [0.25, 0.3) is 0 Å². The summed E-state index contributed by atoms with van der Waals surface area (Å²) < 4.78 is 10.8. The summed E-state index contributed by atoms with van der Waals surface area (Å²) in [6.45, 7) is 7.74. The summed E-state index contributed by atoms with van der Waals surface area (Å²) in [4.78, 5) is 24.7. The number of carbonyl (C=O) groups is 2. The first kappa shape index (κ1) is 26.9. The van der Waals surface area contributed by atoms with Gasteiger partial charge in [-0.25, -0.2) is 0 Å². The summed E-state index contributed by atoms with van der Waals surface area (Å²) >= 11 is 0. The van der Waals surface area contributed by atoms with E-state index in [1.807, 2.05) is 6.92 Å². The molecule has 0 radical (unpaired) electrons. The average Bonchev–Trinajstić information content (AvgIpc) is 2.74. The maximum absolute atomic E-state index is 12.8. The molecule has 0 saturated heterocycles. The van der Waals surface area contributed by atoms with Gasteiger partial charge in [-0.05, 0) is 0 Å². The molecule has 1 N–H and O–H groups in total. The molecule has 0 aliphatic carbocycles. The maximum atomic E-state index is 12.8. The molecule has 1 aromatic rings. The van der Waals surface area contributed by atoms with Gasteiger partial charge in [-0.3, -0.25) is 0 Å². The monoisotopic (exact) mass is 429 g/mol. The second-order valence-corrected chi connectivity index (χ2v) is 8.00. The number of carbonyl (C=O) groups excluding carboxylic acids is 2. The van der Waals surface area contributed by atoms with E-state index in [2.05, 4.69) is 44.0 Å². The SMILES string of the molecule is B=C(OCC)C(CCc1ccc(CCCCCCCC)cc1)(NC(C)=O)C(=O)OCC. The van der Waals surface area contributed by atoms with Crippen molar-refractivity contribution in [3.8, 4) is 0 Å². The molecule has 0 heterocycles. The van der Waals surface area contributed by atoms with Crippen molar-refractivity contribution in [3.63, 3.8) is 0 Å². The van der Waals surface area contributed by atoms with Gasteiger partial charge in [0.1, 0.15) is 0 Å². The van der Waals surface area contributed by atoms with Crippen LogP contribution in [0.1, 0.15) is 83.8 Å². The van der Waals surface area contributed by atoms with Crippen LogP contribution in [0, 0.1) is 0 Å². The van der Waals surface area contributed by atoms with Crippen LogP contribution in [0.2, 0.25) is 0 Å². The number of esters is 1. The fourth-order valence-electron chi connectivity index (χ4n) is 3.70. The Balaban J connectivity index is 2.79. The van der Waals surface area contributed by atoms with Crippen molar-refractivity contribution >= 4 is 25.0 Å². The second-order valence-electron chi connectivity index (χ2n) is 8.00. The standard InChI is InChI=1S/C25H40BNO4/c1-5-8-9-10-11-12-13-21-14-16-22(17-15-21)18-19-25(27-20(4)28,23(26)30-6-2)24(29)31-7-3/h14-17,26H,5-13,18-19H2,1-4H3,(H,27,28). The predicted molar refractivity (Wildman–Crippen MR) is 129 cm³/mol. The Morgan fingerprint density at radius 1 is 0.871 bits per heavy atom. The molecule has 6 heteroatoms. The van der Waals surface area contributed by atoms with E-state index in [9.17, 15) is 9.59 Å². The van der Waals surface area contributed by atoms with Gasteiger partial charge in [-0.2, -0.15) is 0 Å². The molecule has 1 rings (SSSR count). The zero-order valence-corrected chi connectivity index (χ0v) is 19.9. The first-order chi connectivity index (χ1) is 14.9. The number of benzene rings is 1. The summed E-state index contributed by atoms with van der Waals surface area (Å²) in [5.74, 6) is -0.869. The molecule has 1 atom stereocenters. The van der Waals surface area contributed by atoms with Crippen molar-refractivity contribution < 1.29 is 19.1 Å². The van der Waals surface area contributed by atoms with E-state index in [4.69, 9.17) is 9.47 Å². The Morgan fingerprint density at radius 2 is 1.42 bits per heavy atom. The molecule has 1 amide bonds. The molecule has 0 fully saturated rings. The number of aryl methyl sites for hydroxylation is 2. The van der Waals surface area contributed by atoms with Crippen molar-refractivity contribution in [1.29, 1.82) is 0 Å². The molecule has 31 heavy (non-hydrogen) atoms. The third kappa shape index (κ3) is 9.28. The number of unbranched alkanes of at least 4 members (excludes halogenated alkanes) is 5. The van der Waals surface area contributed by atoms with Gasteiger partial charge in [0, 0.05) is 0 Å². The van der Waals surface area contributed by atoms with Crippen molar-refractivity contribution in [2.45, 2.75) is 91.0 Å². The molecule has 0 spiro atoms. The summed E-state index contributed by atoms with van der Waals surface area (Å²) in [7, 11) is 3.92. The number of ether oxygens (including phenoxy) is 2. The van der Waals surface area contributed by atoms with Gasteiger partial charge in [-0.1, -0.05) is 26.2 Å². The van der Waals surface area contributed by atoms with Crippen LogP contribution in [-0.2, 0) is 31.9 Å². The van der Waals surface area contributed by atoms with Crippen molar-refractivity contribution in [1.82, 2.24) is 5.32 Å². The molecule has 5 nitrogen and oxygen atoms in total. The van der Waals surface area contributed by atoms with Crippen LogP contribution in [0.15, 0.2) is 24.3 Å². The van der Waals surface area contributed by atoms with E-state index < -0.39 is 11.5 Å². The quantitative estimate of drug-likeness (QED) is 0.245. The van der Waals surface area contributed by atoms with Crippen LogP contribution in [0.5, 0.6) is 0 Å². The van der Waals surface area contributed by atoms with E-state index in [0.29, 0.717) is 19.4 Å². The van der Waals surface area contributed by atoms with Crippen LogP contribution in [0.4, 0.5) is 0 Å². The zero-order chi connectivity index (χ0) is 23.1. The Kier molecular flexibility index (Phi) is 12.9. The summed E-state index contributed by atoms with van der Waals surface area (Å²) in [6.07, 6.45) is 9.74. The fourth-order valence-corrected chi connectivity index (χ4v) is 3.70. The number of hydrogen-bond donors (Lipinski definition) is 1. The third-order valence-electron chi connectivity index (χ3n) is 5.44. The first-order valence-electron chi connectivity index (χ1n) is 11.8. The van der Waals surface area contributed by atoms with Crippen LogP contribution in [-0.4, -0.2) is 43.8 Å². The minimum atomic E-state index is -1.39. The Morgan fingerprint density at radius 3 is 1.97 bits per heavy atom. The first-order valence-corrected chi connectivity index (χ1v) is 11.8. The van der Waals surface area contributed by atoms with Gasteiger partial charge in [0.25, 0.3) is 0 Å². The van der Waals surface area contributed by atoms with Crippen molar-refractivity contribution in [2.24, 2.45) is 0 Å². The van der Waals surface area contributed by atoms with Crippen molar-refractivity contribution in [3.05, 3.63) is 35.4 Å². The zero-order valence-electron chi connectivity index (χ0n) is 19.9. The molecule has 0 aromatic heterocycles. The van der Waals surface area contributed by atoms with E-state index in [-0.39, 0.29) is 18.2 Å². The van der Waals surface area contributed by atoms with Gasteiger partial charge in [0.05, 0.1) is 0 Å². The number of hydrogen-bond acceptors (Lipinski definition) is 4. The van der Waals surface area contributed by atoms with Gasteiger partial charge in [-0.15, -0.1) is 0 Å². The molecule has 0 aliphatic rings. The molecule has 0 bridgehead atoms. The van der Waals surface area contributed by atoms with E-state index >= 15 is 0 Å². The number of nitrogens with one attached hydrogen (secondary N) is 1. The van der Waals surface area contributed by atoms with Gasteiger partial charge in [0.15, 0.2) is 0 Å². The fraction of sp³-hybridized carbons (Fsp3) is 0.640. The van der Waals surface area contributed by atoms with E-state index in [0.717, 1.165) is 12.0 Å². The van der Waals surface area contributed by atoms with Gasteiger partial charge >= 0.3 is 163 Å². The molecule has 0 saturated carbocycles. The predicted octanol–water partition coefficient (Wildman–Crippen LogP) is 4.03. The third-order valence-corrected chi connectivity index (χ3v) is 5.44. The Labute approximate surface area is 189 Å². The average molecular weight is 429 g/mol. The number of rotatable bonds is 16. The van der Waals surface area contributed by atoms with Crippen molar-refractivity contribution in [2.75, 3.05) is 13.2 Å².